The Balaban J connectivity index is 1.55. The fourth-order valence-electron chi connectivity index (χ4n) is 2.17. The summed E-state index contributed by atoms with van der Waals surface area (Å²) >= 11 is 3.31. The van der Waals surface area contributed by atoms with E-state index in [4.69, 9.17) is 0 Å². The lowest BCUT2D eigenvalue weighted by atomic mass is 10.1. The normalized spacial score (nSPS) is 11.1. The number of hydrogen-bond donors (Lipinski definition) is 1. The molecule has 0 bridgehead atoms. The lowest BCUT2D eigenvalue weighted by Gasteiger charge is -1.99. The summed E-state index contributed by atoms with van der Waals surface area (Å²) in [5, 5.41) is 6.05. The zero-order chi connectivity index (χ0) is 16.9. The van der Waals surface area contributed by atoms with Gasteiger partial charge in [-0.1, -0.05) is 29.8 Å². The van der Waals surface area contributed by atoms with Crippen LogP contribution in [0.4, 0.5) is 0 Å². The van der Waals surface area contributed by atoms with E-state index in [1.165, 1.54) is 5.56 Å². The predicted octanol–water partition coefficient (Wildman–Crippen LogP) is 4.82. The number of nitrogens with zero attached hydrogens (tertiary/aromatic N) is 1. The molecule has 0 aliphatic rings. The van der Waals surface area contributed by atoms with Gasteiger partial charge in [-0.15, -0.1) is 22.7 Å². The maximum Gasteiger partial charge on any atom is 0.244 e. The van der Waals surface area contributed by atoms with Crippen molar-refractivity contribution < 1.29 is 4.79 Å². The number of aromatic nitrogens is 1. The van der Waals surface area contributed by atoms with E-state index in [2.05, 4.69) is 21.7 Å². The molecule has 1 amide bonds. The van der Waals surface area contributed by atoms with Gasteiger partial charge in [0.25, 0.3) is 0 Å². The highest BCUT2D eigenvalue weighted by Crippen LogP contribution is 2.28. The van der Waals surface area contributed by atoms with Gasteiger partial charge in [0.15, 0.2) is 0 Å². The summed E-state index contributed by atoms with van der Waals surface area (Å²) in [5.74, 6) is -0.0879. The van der Waals surface area contributed by atoms with E-state index in [0.717, 1.165) is 26.0 Å². The van der Waals surface area contributed by atoms with Gasteiger partial charge in [0.1, 0.15) is 0 Å². The maximum atomic E-state index is 11.9. The van der Waals surface area contributed by atoms with Crippen LogP contribution in [0.25, 0.3) is 16.6 Å². The van der Waals surface area contributed by atoms with Crippen LogP contribution in [0.2, 0.25) is 0 Å². The molecule has 24 heavy (non-hydrogen) atoms. The summed E-state index contributed by atoms with van der Waals surface area (Å²) in [4.78, 5) is 18.7. The van der Waals surface area contributed by atoms with Gasteiger partial charge < -0.3 is 5.32 Å². The number of benzene rings is 1. The van der Waals surface area contributed by atoms with Crippen LogP contribution < -0.4 is 5.32 Å². The molecule has 3 aromatic rings. The molecule has 0 spiro atoms. The number of amides is 1. The van der Waals surface area contributed by atoms with Gasteiger partial charge in [-0.05, 0) is 37.6 Å². The van der Waals surface area contributed by atoms with E-state index in [0.29, 0.717) is 6.54 Å². The van der Waals surface area contributed by atoms with Crippen LogP contribution in [-0.2, 0) is 11.3 Å². The maximum absolute atomic E-state index is 11.9. The summed E-state index contributed by atoms with van der Waals surface area (Å²) in [6.45, 7) is 4.58. The van der Waals surface area contributed by atoms with Gasteiger partial charge in [0, 0.05) is 16.3 Å². The Hall–Kier alpha value is -2.24. The number of nitrogens with one attached hydrogen (secondary N) is 1. The third-order valence-electron chi connectivity index (χ3n) is 3.47. The van der Waals surface area contributed by atoms with Crippen LogP contribution in [0.5, 0.6) is 0 Å². The molecule has 0 aliphatic heterocycles. The zero-order valence-corrected chi connectivity index (χ0v) is 15.2. The molecule has 0 saturated heterocycles. The molecule has 0 radical (unpaired) electrons. The average molecular weight is 355 g/mol. The molecule has 3 rings (SSSR count). The van der Waals surface area contributed by atoms with Gasteiger partial charge in [0.05, 0.1) is 22.1 Å². The molecule has 0 aliphatic carbocycles. The average Bonchev–Trinajstić information content (AvgIpc) is 3.21. The first kappa shape index (κ1) is 16.6. The first-order valence-electron chi connectivity index (χ1n) is 7.64. The molecule has 3 nitrogen and oxygen atoms in total. The van der Waals surface area contributed by atoms with Crippen LogP contribution >= 0.6 is 22.7 Å². The quantitative estimate of drug-likeness (QED) is 0.668. The molecular weight excluding hydrogens is 336 g/mol. The minimum Gasteiger partial charge on any atom is -0.348 e. The van der Waals surface area contributed by atoms with Crippen molar-refractivity contribution >= 4 is 34.7 Å². The molecule has 0 saturated carbocycles. The van der Waals surface area contributed by atoms with E-state index < -0.39 is 0 Å². The summed E-state index contributed by atoms with van der Waals surface area (Å²) in [5.41, 5.74) is 3.24. The van der Waals surface area contributed by atoms with Crippen molar-refractivity contribution in [1.82, 2.24) is 10.3 Å². The van der Waals surface area contributed by atoms with Crippen LogP contribution in [0.1, 0.15) is 21.0 Å². The summed E-state index contributed by atoms with van der Waals surface area (Å²) in [7, 11) is 0. The second-order valence-electron chi connectivity index (χ2n) is 5.48. The molecule has 2 heterocycles. The molecule has 2 aromatic heterocycles. The fraction of sp³-hybridized carbons (Fsp3) is 0.158. The number of thiazole rings is 1. The number of carbonyl (C=O) groups is 1. The first-order valence-corrected chi connectivity index (χ1v) is 9.33. The topological polar surface area (TPSA) is 42.0 Å². The zero-order valence-electron chi connectivity index (χ0n) is 13.6. The van der Waals surface area contributed by atoms with E-state index in [9.17, 15) is 4.79 Å². The van der Waals surface area contributed by atoms with Gasteiger partial charge in [0.2, 0.25) is 5.91 Å². The van der Waals surface area contributed by atoms with Crippen molar-refractivity contribution in [3.63, 3.8) is 0 Å². The lowest BCUT2D eigenvalue weighted by molar-refractivity contribution is -0.116. The van der Waals surface area contributed by atoms with Crippen LogP contribution in [0.3, 0.4) is 0 Å². The lowest BCUT2D eigenvalue weighted by Crippen LogP contribution is -2.19. The van der Waals surface area contributed by atoms with Crippen molar-refractivity contribution in [2.45, 2.75) is 20.4 Å². The summed E-state index contributed by atoms with van der Waals surface area (Å²) < 4.78 is 0. The Morgan fingerprint density at radius 1 is 1.17 bits per heavy atom. The number of rotatable bonds is 5. The number of aryl methyl sites for hydroxylation is 2. The van der Waals surface area contributed by atoms with Crippen molar-refractivity contribution in [2.24, 2.45) is 0 Å². The monoisotopic (exact) mass is 354 g/mol. The SMILES string of the molecule is Cc1ccc(/C=C/C(=O)NCc2ccc(-c3csc(C)n3)s2)cc1. The van der Waals surface area contributed by atoms with E-state index in [1.807, 2.05) is 50.3 Å². The molecular formula is C19H18N2OS2. The molecule has 1 N–H and O–H groups in total. The number of hydrogen-bond acceptors (Lipinski definition) is 4. The van der Waals surface area contributed by atoms with Crippen molar-refractivity contribution in [3.05, 3.63) is 68.9 Å². The molecule has 5 heteroatoms. The van der Waals surface area contributed by atoms with Gasteiger partial charge in [-0.25, -0.2) is 4.98 Å². The van der Waals surface area contributed by atoms with Crippen molar-refractivity contribution in [1.29, 1.82) is 0 Å². The number of thiophene rings is 1. The molecule has 1 aromatic carbocycles. The van der Waals surface area contributed by atoms with Gasteiger partial charge in [-0.2, -0.15) is 0 Å². The largest absolute Gasteiger partial charge is 0.348 e. The molecule has 0 fully saturated rings. The van der Waals surface area contributed by atoms with E-state index in [-0.39, 0.29) is 5.91 Å². The van der Waals surface area contributed by atoms with E-state index >= 15 is 0 Å². The predicted molar refractivity (Wildman–Crippen MR) is 102 cm³/mol. The Morgan fingerprint density at radius 3 is 2.67 bits per heavy atom. The van der Waals surface area contributed by atoms with Crippen LogP contribution in [0, 0.1) is 13.8 Å². The highest BCUT2D eigenvalue weighted by Gasteiger charge is 2.06. The summed E-state index contributed by atoms with van der Waals surface area (Å²) in [6, 6.07) is 12.2. The third kappa shape index (κ3) is 4.40. The van der Waals surface area contributed by atoms with Crippen LogP contribution in [-0.4, -0.2) is 10.9 Å². The minimum atomic E-state index is -0.0879. The number of carbonyl (C=O) groups excluding carboxylic acids is 1. The second-order valence-corrected chi connectivity index (χ2v) is 7.71. The van der Waals surface area contributed by atoms with Crippen LogP contribution in [0.15, 0.2) is 47.9 Å². The Bertz CT molecular complexity index is 860. The van der Waals surface area contributed by atoms with Gasteiger partial charge >= 0.3 is 0 Å². The Kier molecular flexibility index (Phi) is 5.23. The standard InChI is InChI=1S/C19H18N2OS2/c1-13-3-5-15(6-4-13)7-10-19(22)20-11-16-8-9-18(24-16)17-12-23-14(2)21-17/h3-10,12H,11H2,1-2H3,(H,20,22)/b10-7+. The fourth-order valence-corrected chi connectivity index (χ4v) is 3.77. The minimum absolute atomic E-state index is 0.0879. The first-order chi connectivity index (χ1) is 11.6. The molecule has 0 unspecified atom stereocenters. The van der Waals surface area contributed by atoms with Gasteiger partial charge in [-0.3, -0.25) is 4.79 Å². The highest BCUT2D eigenvalue weighted by molar-refractivity contribution is 7.16. The smallest absolute Gasteiger partial charge is 0.244 e. The Labute approximate surface area is 149 Å². The Morgan fingerprint density at radius 2 is 1.96 bits per heavy atom. The molecule has 122 valence electrons. The van der Waals surface area contributed by atoms with Crippen molar-refractivity contribution in [2.75, 3.05) is 0 Å². The van der Waals surface area contributed by atoms with Crippen molar-refractivity contribution in [3.8, 4) is 10.6 Å². The van der Waals surface area contributed by atoms with E-state index in [1.54, 1.807) is 28.7 Å². The third-order valence-corrected chi connectivity index (χ3v) is 5.36. The highest BCUT2D eigenvalue weighted by atomic mass is 32.1. The molecule has 0 atom stereocenters. The second kappa shape index (κ2) is 7.55. The summed E-state index contributed by atoms with van der Waals surface area (Å²) in [6.07, 6.45) is 3.40.